The van der Waals surface area contributed by atoms with Crippen molar-refractivity contribution < 1.29 is 14.6 Å². The first-order valence-electron chi connectivity index (χ1n) is 7.95. The number of ether oxygens (including phenoxy) is 2. The zero-order chi connectivity index (χ0) is 16.4. The Labute approximate surface area is 140 Å². The molecule has 24 heavy (non-hydrogen) atoms. The number of aryl methyl sites for hydroxylation is 1. The summed E-state index contributed by atoms with van der Waals surface area (Å²) in [5.74, 6) is 2.42. The summed E-state index contributed by atoms with van der Waals surface area (Å²) in [6.07, 6.45) is 3.42. The first-order chi connectivity index (χ1) is 11.8. The number of hydrogen-bond acceptors (Lipinski definition) is 4. The van der Waals surface area contributed by atoms with Crippen LogP contribution in [0.2, 0.25) is 0 Å². The Morgan fingerprint density at radius 3 is 2.88 bits per heavy atom. The van der Waals surface area contributed by atoms with Crippen molar-refractivity contribution in [3.63, 3.8) is 0 Å². The van der Waals surface area contributed by atoms with Gasteiger partial charge in [-0.2, -0.15) is 0 Å². The molecule has 0 amide bonds. The van der Waals surface area contributed by atoms with Gasteiger partial charge < -0.3 is 14.6 Å². The number of aromatic nitrogens is 1. The molecule has 0 spiro atoms. The van der Waals surface area contributed by atoms with Crippen LogP contribution >= 0.6 is 0 Å². The molecule has 0 saturated heterocycles. The molecule has 2 heterocycles. The van der Waals surface area contributed by atoms with E-state index < -0.39 is 0 Å². The second-order valence-corrected chi connectivity index (χ2v) is 5.78. The van der Waals surface area contributed by atoms with E-state index in [0.717, 1.165) is 35.5 Å². The molecule has 0 radical (unpaired) electrons. The van der Waals surface area contributed by atoms with Crippen LogP contribution < -0.4 is 9.47 Å². The lowest BCUT2D eigenvalue weighted by molar-refractivity contribution is 0.176. The minimum absolute atomic E-state index is 0.0191. The quantitative estimate of drug-likeness (QED) is 0.763. The van der Waals surface area contributed by atoms with Crippen molar-refractivity contribution >= 4 is 0 Å². The first kappa shape index (κ1) is 14.6. The molecule has 0 fully saturated rings. The molecule has 1 aliphatic rings. The number of benzene rings is 2. The Bertz CT molecular complexity index is 849. The van der Waals surface area contributed by atoms with Crippen LogP contribution in [0, 0.1) is 0 Å². The highest BCUT2D eigenvalue weighted by Gasteiger charge is 2.22. The van der Waals surface area contributed by atoms with Gasteiger partial charge in [0.05, 0.1) is 0 Å². The lowest BCUT2D eigenvalue weighted by Gasteiger charge is -2.26. The molecule has 0 saturated carbocycles. The van der Waals surface area contributed by atoms with Gasteiger partial charge in [0, 0.05) is 12.3 Å². The van der Waals surface area contributed by atoms with Gasteiger partial charge in [-0.15, -0.1) is 0 Å². The first-order valence-corrected chi connectivity index (χ1v) is 7.95. The van der Waals surface area contributed by atoms with E-state index in [9.17, 15) is 5.11 Å². The maximum atomic E-state index is 9.57. The van der Waals surface area contributed by atoms with Crippen molar-refractivity contribution in [3.05, 3.63) is 78.0 Å². The van der Waals surface area contributed by atoms with Crippen LogP contribution in [0.3, 0.4) is 0 Å². The van der Waals surface area contributed by atoms with Gasteiger partial charge in [0.25, 0.3) is 0 Å². The van der Waals surface area contributed by atoms with Gasteiger partial charge in [0.2, 0.25) is 5.88 Å². The highest BCUT2D eigenvalue weighted by molar-refractivity contribution is 5.42. The van der Waals surface area contributed by atoms with Crippen LogP contribution in [0.25, 0.3) is 0 Å². The van der Waals surface area contributed by atoms with Gasteiger partial charge in [-0.1, -0.05) is 18.2 Å². The molecule has 4 heteroatoms. The molecular formula is C20H17NO3. The second kappa shape index (κ2) is 6.24. The third-order valence-corrected chi connectivity index (χ3v) is 4.08. The number of hydrogen-bond donors (Lipinski definition) is 1. The van der Waals surface area contributed by atoms with Crippen molar-refractivity contribution in [1.82, 2.24) is 4.98 Å². The number of phenolic OH excluding ortho intramolecular Hbond substituents is 1. The molecule has 4 nitrogen and oxygen atoms in total. The monoisotopic (exact) mass is 319 g/mol. The molecule has 0 bridgehead atoms. The topological polar surface area (TPSA) is 51.6 Å². The van der Waals surface area contributed by atoms with Crippen LogP contribution in [0.1, 0.15) is 23.7 Å². The van der Waals surface area contributed by atoms with Crippen molar-refractivity contribution in [2.75, 3.05) is 0 Å². The van der Waals surface area contributed by atoms with Gasteiger partial charge in [0.1, 0.15) is 23.4 Å². The van der Waals surface area contributed by atoms with Crippen molar-refractivity contribution in [3.8, 4) is 23.1 Å². The summed E-state index contributed by atoms with van der Waals surface area (Å²) in [7, 11) is 0. The minimum Gasteiger partial charge on any atom is -0.508 e. The average molecular weight is 319 g/mol. The van der Waals surface area contributed by atoms with E-state index >= 15 is 0 Å². The number of rotatable bonds is 3. The zero-order valence-corrected chi connectivity index (χ0v) is 13.1. The second-order valence-electron chi connectivity index (χ2n) is 5.78. The molecule has 1 unspecified atom stereocenters. The fourth-order valence-electron chi connectivity index (χ4n) is 2.92. The van der Waals surface area contributed by atoms with Crippen molar-refractivity contribution in [2.45, 2.75) is 18.9 Å². The van der Waals surface area contributed by atoms with Gasteiger partial charge in [-0.3, -0.25) is 0 Å². The van der Waals surface area contributed by atoms with Crippen LogP contribution in [0.5, 0.6) is 23.1 Å². The van der Waals surface area contributed by atoms with Crippen LogP contribution in [-0.4, -0.2) is 10.1 Å². The Hall–Kier alpha value is -3.01. The summed E-state index contributed by atoms with van der Waals surface area (Å²) >= 11 is 0. The fourth-order valence-corrected chi connectivity index (χ4v) is 2.92. The predicted molar refractivity (Wildman–Crippen MR) is 90.5 cm³/mol. The molecule has 1 aromatic heterocycles. The highest BCUT2D eigenvalue weighted by Crippen LogP contribution is 2.37. The third-order valence-electron chi connectivity index (χ3n) is 4.08. The lowest BCUT2D eigenvalue weighted by Crippen LogP contribution is -2.15. The number of phenols is 1. The lowest BCUT2D eigenvalue weighted by atomic mass is 9.97. The van der Waals surface area contributed by atoms with Crippen LogP contribution in [0.15, 0.2) is 66.9 Å². The normalized spacial score (nSPS) is 16.1. The van der Waals surface area contributed by atoms with Crippen molar-refractivity contribution in [2.24, 2.45) is 0 Å². The minimum atomic E-state index is -0.0191. The number of fused-ring (bicyclic) bond motifs is 1. The standard InChI is InChI=1S/C20H17NO3/c22-16-8-10-19-15(12-16)7-9-18(24-19)14-4-3-5-17(13-14)23-20-6-1-2-11-21-20/h1-6,8,10-13,18,22H,7,9H2. The Balaban J connectivity index is 1.55. The molecule has 1 aliphatic heterocycles. The number of pyridine rings is 1. The molecule has 120 valence electrons. The maximum absolute atomic E-state index is 9.57. The molecule has 1 N–H and O–H groups in total. The van der Waals surface area contributed by atoms with Crippen LogP contribution in [-0.2, 0) is 6.42 Å². The smallest absolute Gasteiger partial charge is 0.219 e. The molecular weight excluding hydrogens is 302 g/mol. The number of nitrogens with zero attached hydrogens (tertiary/aromatic N) is 1. The summed E-state index contributed by atoms with van der Waals surface area (Å²) in [6.45, 7) is 0. The summed E-state index contributed by atoms with van der Waals surface area (Å²) in [6, 6.07) is 18.7. The third kappa shape index (κ3) is 3.04. The Morgan fingerprint density at radius 2 is 2.00 bits per heavy atom. The Kier molecular flexibility index (Phi) is 3.79. The molecule has 3 aromatic rings. The van der Waals surface area contributed by atoms with E-state index in [1.807, 2.05) is 48.5 Å². The van der Waals surface area contributed by atoms with E-state index in [0.29, 0.717) is 5.88 Å². The van der Waals surface area contributed by atoms with Crippen LogP contribution in [0.4, 0.5) is 0 Å². The van der Waals surface area contributed by atoms with Crippen molar-refractivity contribution in [1.29, 1.82) is 0 Å². The van der Waals surface area contributed by atoms with E-state index in [1.54, 1.807) is 18.3 Å². The summed E-state index contributed by atoms with van der Waals surface area (Å²) in [5.41, 5.74) is 2.12. The summed E-state index contributed by atoms with van der Waals surface area (Å²) < 4.78 is 11.9. The Morgan fingerprint density at radius 1 is 1.04 bits per heavy atom. The van der Waals surface area contributed by atoms with Gasteiger partial charge in [0.15, 0.2) is 0 Å². The fraction of sp³-hybridized carbons (Fsp3) is 0.150. The van der Waals surface area contributed by atoms with E-state index in [1.165, 1.54) is 0 Å². The molecule has 2 aromatic carbocycles. The maximum Gasteiger partial charge on any atom is 0.219 e. The van der Waals surface area contributed by atoms with E-state index in [2.05, 4.69) is 4.98 Å². The van der Waals surface area contributed by atoms with Gasteiger partial charge in [-0.05, 0) is 60.4 Å². The average Bonchev–Trinajstić information content (AvgIpc) is 2.62. The van der Waals surface area contributed by atoms with E-state index in [-0.39, 0.29) is 11.9 Å². The number of aromatic hydroxyl groups is 1. The molecule has 4 rings (SSSR count). The predicted octanol–water partition coefficient (Wildman–Crippen LogP) is 4.65. The highest BCUT2D eigenvalue weighted by atomic mass is 16.5. The van der Waals surface area contributed by atoms with Gasteiger partial charge >= 0.3 is 0 Å². The molecule has 1 atom stereocenters. The van der Waals surface area contributed by atoms with Gasteiger partial charge in [-0.25, -0.2) is 4.98 Å². The molecule has 0 aliphatic carbocycles. The zero-order valence-electron chi connectivity index (χ0n) is 13.1. The SMILES string of the molecule is Oc1ccc2c(c1)CCC(c1cccc(Oc3ccccn3)c1)O2. The summed E-state index contributed by atoms with van der Waals surface area (Å²) in [5, 5.41) is 9.57. The van der Waals surface area contributed by atoms with E-state index in [4.69, 9.17) is 9.47 Å². The summed E-state index contributed by atoms with van der Waals surface area (Å²) in [4.78, 5) is 4.18. The largest absolute Gasteiger partial charge is 0.508 e.